The van der Waals surface area contributed by atoms with Crippen molar-refractivity contribution in [3.05, 3.63) is 16.6 Å². The molecule has 3 rings (SSSR count). The third kappa shape index (κ3) is 3.56. The van der Waals surface area contributed by atoms with E-state index in [0.717, 1.165) is 19.5 Å². The summed E-state index contributed by atoms with van der Waals surface area (Å²) in [6.45, 7) is 7.37. The maximum atomic E-state index is 12.0. The number of anilines is 1. The smallest absolute Gasteiger partial charge is 0.263 e. The Balaban J connectivity index is 1.58. The number of aromatic nitrogens is 4. The Morgan fingerprint density at radius 1 is 1.38 bits per heavy atom. The van der Waals surface area contributed by atoms with Gasteiger partial charge in [0.25, 0.3) is 5.56 Å². The first-order valence-corrected chi connectivity index (χ1v) is 8.27. The second-order valence-corrected chi connectivity index (χ2v) is 6.16. The molecule has 1 saturated heterocycles. The first-order valence-electron chi connectivity index (χ1n) is 8.27. The first kappa shape index (κ1) is 16.4. The lowest BCUT2D eigenvalue weighted by atomic mass is 10.2. The average molecular weight is 333 g/mol. The van der Waals surface area contributed by atoms with Crippen LogP contribution in [-0.4, -0.2) is 69.7 Å². The van der Waals surface area contributed by atoms with E-state index in [1.54, 1.807) is 0 Å². The van der Waals surface area contributed by atoms with Gasteiger partial charge in [0, 0.05) is 32.2 Å². The Bertz CT molecular complexity index is 761. The van der Waals surface area contributed by atoms with Crippen LogP contribution in [0.3, 0.4) is 0 Å². The van der Waals surface area contributed by atoms with Gasteiger partial charge < -0.3 is 10.2 Å². The molecule has 0 bridgehead atoms. The molecule has 9 nitrogen and oxygen atoms in total. The second kappa shape index (κ2) is 7.00. The van der Waals surface area contributed by atoms with E-state index >= 15 is 0 Å². The zero-order valence-electron chi connectivity index (χ0n) is 14.0. The quantitative estimate of drug-likeness (QED) is 0.692. The van der Waals surface area contributed by atoms with Gasteiger partial charge in [-0.05, 0) is 13.3 Å². The van der Waals surface area contributed by atoms with Crippen molar-refractivity contribution in [1.29, 1.82) is 0 Å². The van der Waals surface area contributed by atoms with Crippen LogP contribution in [0, 0.1) is 0 Å². The fraction of sp³-hybridized carbons (Fsp3) is 0.600. The maximum Gasteiger partial charge on any atom is 0.263 e. The minimum absolute atomic E-state index is 0.0585. The molecule has 3 N–H and O–H groups in total. The Morgan fingerprint density at radius 2 is 2.12 bits per heavy atom. The summed E-state index contributed by atoms with van der Waals surface area (Å²) in [5.41, 5.74) is 0.295. The van der Waals surface area contributed by atoms with Crippen LogP contribution in [0.2, 0.25) is 0 Å². The highest BCUT2D eigenvalue weighted by Gasteiger charge is 2.21. The lowest BCUT2D eigenvalue weighted by molar-refractivity contribution is -0.122. The van der Waals surface area contributed by atoms with E-state index in [2.05, 4.69) is 30.4 Å². The molecule has 1 aliphatic heterocycles. The Hall–Kier alpha value is -2.42. The molecule has 1 fully saturated rings. The number of fused-ring (bicyclic) bond motifs is 1. The van der Waals surface area contributed by atoms with Crippen LogP contribution in [0.4, 0.5) is 5.95 Å². The Labute approximate surface area is 139 Å². The number of aromatic amines is 2. The van der Waals surface area contributed by atoms with Crippen molar-refractivity contribution in [1.82, 2.24) is 30.4 Å². The van der Waals surface area contributed by atoms with Crippen molar-refractivity contribution in [2.75, 3.05) is 37.6 Å². The predicted octanol–water partition coefficient (Wildman–Crippen LogP) is -0.317. The van der Waals surface area contributed by atoms with E-state index in [1.807, 2.05) is 18.7 Å². The molecule has 130 valence electrons. The molecule has 9 heteroatoms. The van der Waals surface area contributed by atoms with Gasteiger partial charge in [-0.15, -0.1) is 0 Å². The molecule has 1 amide bonds. The number of hydrogen-bond acceptors (Lipinski definition) is 6. The third-order valence-corrected chi connectivity index (χ3v) is 4.37. The van der Waals surface area contributed by atoms with Gasteiger partial charge in [0.15, 0.2) is 5.65 Å². The largest absolute Gasteiger partial charge is 0.353 e. The highest BCUT2D eigenvalue weighted by Crippen LogP contribution is 2.12. The molecule has 0 aliphatic carbocycles. The molecule has 1 unspecified atom stereocenters. The van der Waals surface area contributed by atoms with Crippen LogP contribution in [0.15, 0.2) is 11.0 Å². The summed E-state index contributed by atoms with van der Waals surface area (Å²) in [6.07, 6.45) is 2.40. The number of carbonyl (C=O) groups is 1. The minimum atomic E-state index is -0.195. The van der Waals surface area contributed by atoms with Gasteiger partial charge in [0.05, 0.1) is 12.7 Å². The zero-order valence-corrected chi connectivity index (χ0v) is 14.0. The molecule has 1 aliphatic rings. The monoisotopic (exact) mass is 333 g/mol. The average Bonchev–Trinajstić information content (AvgIpc) is 3.04. The standard InChI is InChI=1S/C15H23N7O2/c1-3-10(2)17-12(23)9-21-4-6-22(7-5-21)15-18-13-11(8-16-20-13)14(24)19-15/h8,10H,3-7,9H2,1-2H3,(H,17,23)(H2,16,18,19,20,24). The van der Waals surface area contributed by atoms with Crippen molar-refractivity contribution in [3.63, 3.8) is 0 Å². The molecule has 1 atom stereocenters. The predicted molar refractivity (Wildman–Crippen MR) is 91.1 cm³/mol. The molecule has 2 aromatic rings. The van der Waals surface area contributed by atoms with Gasteiger partial charge in [0.2, 0.25) is 11.9 Å². The summed E-state index contributed by atoms with van der Waals surface area (Å²) in [4.78, 5) is 35.3. The molecule has 2 aromatic heterocycles. The van der Waals surface area contributed by atoms with Crippen molar-refractivity contribution >= 4 is 22.9 Å². The van der Waals surface area contributed by atoms with Gasteiger partial charge >= 0.3 is 0 Å². The number of carbonyl (C=O) groups excluding carboxylic acids is 1. The number of nitrogens with one attached hydrogen (secondary N) is 3. The third-order valence-electron chi connectivity index (χ3n) is 4.37. The Kier molecular flexibility index (Phi) is 4.79. The SMILES string of the molecule is CCC(C)NC(=O)CN1CCN(c2nc3[nH]ncc3c(=O)[nH]2)CC1. The van der Waals surface area contributed by atoms with Crippen molar-refractivity contribution < 1.29 is 4.79 Å². The number of piperazine rings is 1. The maximum absolute atomic E-state index is 12.0. The summed E-state index contributed by atoms with van der Waals surface area (Å²) in [5, 5.41) is 10.0. The number of amides is 1. The summed E-state index contributed by atoms with van der Waals surface area (Å²) < 4.78 is 0. The van der Waals surface area contributed by atoms with E-state index < -0.39 is 0 Å². The lowest BCUT2D eigenvalue weighted by Gasteiger charge is -2.34. The Morgan fingerprint density at radius 3 is 2.83 bits per heavy atom. The molecule has 0 radical (unpaired) electrons. The second-order valence-electron chi connectivity index (χ2n) is 6.16. The molecular weight excluding hydrogens is 310 g/mol. The van der Waals surface area contributed by atoms with Crippen molar-refractivity contribution in [2.45, 2.75) is 26.3 Å². The molecule has 0 aromatic carbocycles. The molecule has 24 heavy (non-hydrogen) atoms. The highest BCUT2D eigenvalue weighted by atomic mass is 16.2. The lowest BCUT2D eigenvalue weighted by Crippen LogP contribution is -2.50. The number of rotatable bonds is 5. The fourth-order valence-corrected chi connectivity index (χ4v) is 2.73. The summed E-state index contributed by atoms with van der Waals surface area (Å²) in [7, 11) is 0. The summed E-state index contributed by atoms with van der Waals surface area (Å²) in [6, 6.07) is 0.203. The van der Waals surface area contributed by atoms with Crippen molar-refractivity contribution in [3.8, 4) is 0 Å². The van der Waals surface area contributed by atoms with Gasteiger partial charge in [-0.1, -0.05) is 6.92 Å². The van der Waals surface area contributed by atoms with Crippen molar-refractivity contribution in [2.24, 2.45) is 0 Å². The van der Waals surface area contributed by atoms with Gasteiger partial charge in [-0.25, -0.2) is 0 Å². The number of hydrogen-bond donors (Lipinski definition) is 3. The number of H-pyrrole nitrogens is 2. The molecular formula is C15H23N7O2. The van der Waals surface area contributed by atoms with E-state index in [9.17, 15) is 9.59 Å². The van der Waals surface area contributed by atoms with Gasteiger partial charge in [0.1, 0.15) is 5.39 Å². The summed E-state index contributed by atoms with van der Waals surface area (Å²) >= 11 is 0. The zero-order chi connectivity index (χ0) is 17.1. The number of nitrogens with zero attached hydrogens (tertiary/aromatic N) is 4. The molecule has 0 saturated carbocycles. The molecule has 3 heterocycles. The normalized spacial score (nSPS) is 17.2. The molecule has 0 spiro atoms. The van der Waals surface area contributed by atoms with Crippen LogP contribution in [0.1, 0.15) is 20.3 Å². The first-order chi connectivity index (χ1) is 11.6. The van der Waals surface area contributed by atoms with Crippen LogP contribution in [0.25, 0.3) is 11.0 Å². The van der Waals surface area contributed by atoms with Crippen LogP contribution >= 0.6 is 0 Å². The highest BCUT2D eigenvalue weighted by molar-refractivity contribution is 5.78. The topological polar surface area (TPSA) is 110 Å². The van der Waals surface area contributed by atoms with Crippen LogP contribution in [-0.2, 0) is 4.79 Å². The summed E-state index contributed by atoms with van der Waals surface area (Å²) in [5.74, 6) is 0.601. The van der Waals surface area contributed by atoms with E-state index in [0.29, 0.717) is 36.6 Å². The van der Waals surface area contributed by atoms with Crippen LogP contribution < -0.4 is 15.8 Å². The van der Waals surface area contributed by atoms with E-state index in [4.69, 9.17) is 0 Å². The minimum Gasteiger partial charge on any atom is -0.353 e. The van der Waals surface area contributed by atoms with E-state index in [-0.39, 0.29) is 17.5 Å². The fourth-order valence-electron chi connectivity index (χ4n) is 2.73. The van der Waals surface area contributed by atoms with Gasteiger partial charge in [-0.2, -0.15) is 10.1 Å². The van der Waals surface area contributed by atoms with Gasteiger partial charge in [-0.3, -0.25) is 24.6 Å². The van der Waals surface area contributed by atoms with E-state index in [1.165, 1.54) is 6.20 Å². The van der Waals surface area contributed by atoms with Crippen LogP contribution in [0.5, 0.6) is 0 Å².